The summed E-state index contributed by atoms with van der Waals surface area (Å²) >= 11 is 0. The summed E-state index contributed by atoms with van der Waals surface area (Å²) in [5.74, 6) is -0.0404. The van der Waals surface area contributed by atoms with Gasteiger partial charge in [-0.15, -0.1) is 0 Å². The summed E-state index contributed by atoms with van der Waals surface area (Å²) in [6, 6.07) is 5.32. The minimum atomic E-state index is -0.384. The molecule has 0 unspecified atom stereocenters. The van der Waals surface area contributed by atoms with E-state index in [1.54, 1.807) is 17.0 Å². The molecule has 1 aliphatic heterocycles. The molecule has 1 atom stereocenters. The molecule has 0 radical (unpaired) electrons. The van der Waals surface area contributed by atoms with Crippen LogP contribution in [0.2, 0.25) is 0 Å². The van der Waals surface area contributed by atoms with Crippen molar-refractivity contribution in [2.75, 3.05) is 18.8 Å². The largest absolute Gasteiger partial charge is 0.399 e. The SMILES string of the molecule is Cc1ccc(N)cc1C(=O)N1CC[C@@H](O)C1. The van der Waals surface area contributed by atoms with E-state index in [2.05, 4.69) is 0 Å². The maximum absolute atomic E-state index is 12.1. The third kappa shape index (κ3) is 2.02. The molecule has 1 heterocycles. The standard InChI is InChI=1S/C12H16N2O2/c1-8-2-3-9(13)6-11(8)12(16)14-5-4-10(15)7-14/h2-3,6,10,15H,4-5,7,13H2,1H3/t10-/m1/s1. The lowest BCUT2D eigenvalue weighted by Crippen LogP contribution is -2.30. The predicted octanol–water partition coefficient (Wildman–Crippen LogP) is 0.784. The van der Waals surface area contributed by atoms with E-state index in [4.69, 9.17) is 5.73 Å². The van der Waals surface area contributed by atoms with Gasteiger partial charge in [0.25, 0.3) is 5.91 Å². The van der Waals surface area contributed by atoms with Crippen LogP contribution in [-0.2, 0) is 0 Å². The summed E-state index contributed by atoms with van der Waals surface area (Å²) in [6.07, 6.45) is 0.276. The molecule has 0 saturated carbocycles. The van der Waals surface area contributed by atoms with Gasteiger partial charge in [0.15, 0.2) is 0 Å². The number of benzene rings is 1. The van der Waals surface area contributed by atoms with E-state index in [0.29, 0.717) is 30.8 Å². The number of aliphatic hydroxyl groups is 1. The normalized spacial score (nSPS) is 20.1. The summed E-state index contributed by atoms with van der Waals surface area (Å²) in [6.45, 7) is 2.93. The molecule has 0 aliphatic carbocycles. The number of hydrogen-bond acceptors (Lipinski definition) is 3. The first-order valence-corrected chi connectivity index (χ1v) is 5.41. The van der Waals surface area contributed by atoms with E-state index >= 15 is 0 Å². The monoisotopic (exact) mass is 220 g/mol. The van der Waals surface area contributed by atoms with E-state index in [1.165, 1.54) is 0 Å². The van der Waals surface area contributed by atoms with Crippen molar-refractivity contribution in [1.82, 2.24) is 4.90 Å². The number of β-amino-alcohol motifs (C(OH)–C–C–N with tert-alkyl or cyclic N) is 1. The second-order valence-corrected chi connectivity index (χ2v) is 4.27. The topological polar surface area (TPSA) is 66.6 Å². The van der Waals surface area contributed by atoms with Crippen LogP contribution in [-0.4, -0.2) is 35.1 Å². The first-order valence-electron chi connectivity index (χ1n) is 5.41. The molecule has 2 rings (SSSR count). The molecule has 86 valence electrons. The smallest absolute Gasteiger partial charge is 0.254 e. The highest BCUT2D eigenvalue weighted by atomic mass is 16.3. The molecule has 1 aromatic rings. The molecule has 0 bridgehead atoms. The van der Waals surface area contributed by atoms with Crippen molar-refractivity contribution in [3.05, 3.63) is 29.3 Å². The van der Waals surface area contributed by atoms with Crippen molar-refractivity contribution in [2.45, 2.75) is 19.4 Å². The molecule has 4 heteroatoms. The maximum atomic E-state index is 12.1. The van der Waals surface area contributed by atoms with Gasteiger partial charge in [0.05, 0.1) is 6.10 Å². The van der Waals surface area contributed by atoms with Crippen LogP contribution in [0.5, 0.6) is 0 Å². The van der Waals surface area contributed by atoms with Gasteiger partial charge in [-0.2, -0.15) is 0 Å². The Balaban J connectivity index is 2.23. The fourth-order valence-electron chi connectivity index (χ4n) is 1.97. The van der Waals surface area contributed by atoms with E-state index in [1.807, 2.05) is 13.0 Å². The number of nitrogens with two attached hydrogens (primary N) is 1. The first kappa shape index (κ1) is 11.0. The van der Waals surface area contributed by atoms with Gasteiger partial charge in [0.2, 0.25) is 0 Å². The van der Waals surface area contributed by atoms with E-state index in [0.717, 1.165) is 5.56 Å². The second-order valence-electron chi connectivity index (χ2n) is 4.27. The molecule has 1 saturated heterocycles. The summed E-state index contributed by atoms with van der Waals surface area (Å²) in [4.78, 5) is 13.8. The van der Waals surface area contributed by atoms with Crippen molar-refractivity contribution in [3.63, 3.8) is 0 Å². The van der Waals surface area contributed by atoms with Crippen LogP contribution in [0.1, 0.15) is 22.3 Å². The number of amides is 1. The first-order chi connectivity index (χ1) is 7.58. The Morgan fingerprint density at radius 1 is 1.56 bits per heavy atom. The van der Waals surface area contributed by atoms with Crippen LogP contribution in [0, 0.1) is 6.92 Å². The molecule has 1 aromatic carbocycles. The van der Waals surface area contributed by atoms with Crippen molar-refractivity contribution >= 4 is 11.6 Å². The van der Waals surface area contributed by atoms with Crippen LogP contribution in [0.4, 0.5) is 5.69 Å². The van der Waals surface area contributed by atoms with Gasteiger partial charge in [-0.3, -0.25) is 4.79 Å². The number of nitrogens with zero attached hydrogens (tertiary/aromatic N) is 1. The van der Waals surface area contributed by atoms with Gasteiger partial charge in [0.1, 0.15) is 0 Å². The molecular weight excluding hydrogens is 204 g/mol. The Bertz CT molecular complexity index is 417. The summed E-state index contributed by atoms with van der Waals surface area (Å²) in [5, 5.41) is 9.40. The fraction of sp³-hybridized carbons (Fsp3) is 0.417. The van der Waals surface area contributed by atoms with Gasteiger partial charge >= 0.3 is 0 Å². The van der Waals surface area contributed by atoms with E-state index < -0.39 is 0 Å². The zero-order valence-electron chi connectivity index (χ0n) is 9.31. The quantitative estimate of drug-likeness (QED) is 0.687. The molecule has 3 N–H and O–H groups in total. The van der Waals surface area contributed by atoms with E-state index in [9.17, 15) is 9.90 Å². The van der Waals surface area contributed by atoms with Gasteiger partial charge < -0.3 is 15.7 Å². The molecule has 4 nitrogen and oxygen atoms in total. The van der Waals surface area contributed by atoms with Crippen molar-refractivity contribution in [3.8, 4) is 0 Å². The fourth-order valence-corrected chi connectivity index (χ4v) is 1.97. The Morgan fingerprint density at radius 2 is 2.31 bits per heavy atom. The van der Waals surface area contributed by atoms with Crippen LogP contribution in [0.3, 0.4) is 0 Å². The Morgan fingerprint density at radius 3 is 2.94 bits per heavy atom. The third-order valence-corrected chi connectivity index (χ3v) is 2.94. The third-order valence-electron chi connectivity index (χ3n) is 2.94. The minimum absolute atomic E-state index is 0.0404. The number of carbonyl (C=O) groups excluding carboxylic acids is 1. The molecule has 1 aliphatic rings. The molecule has 16 heavy (non-hydrogen) atoms. The number of nitrogen functional groups attached to an aromatic ring is 1. The summed E-state index contributed by atoms with van der Waals surface area (Å²) in [7, 11) is 0. The van der Waals surface area contributed by atoms with Gasteiger partial charge in [-0.25, -0.2) is 0 Å². The number of anilines is 1. The molecule has 0 spiro atoms. The van der Waals surface area contributed by atoms with Crippen LogP contribution >= 0.6 is 0 Å². The Kier molecular flexibility index (Phi) is 2.83. The van der Waals surface area contributed by atoms with Crippen LogP contribution < -0.4 is 5.73 Å². The van der Waals surface area contributed by atoms with Crippen LogP contribution in [0.25, 0.3) is 0 Å². The Hall–Kier alpha value is -1.55. The molecule has 0 aromatic heterocycles. The highest BCUT2D eigenvalue weighted by Gasteiger charge is 2.26. The lowest BCUT2D eigenvalue weighted by Gasteiger charge is -2.17. The molecular formula is C12H16N2O2. The van der Waals surface area contributed by atoms with Crippen molar-refractivity contribution in [1.29, 1.82) is 0 Å². The number of rotatable bonds is 1. The maximum Gasteiger partial charge on any atom is 0.254 e. The number of likely N-dealkylation sites (tertiary alicyclic amines) is 1. The number of carbonyl (C=O) groups is 1. The highest BCUT2D eigenvalue weighted by molar-refractivity contribution is 5.96. The second kappa shape index (κ2) is 4.14. The minimum Gasteiger partial charge on any atom is -0.399 e. The number of aliphatic hydroxyl groups excluding tert-OH is 1. The average molecular weight is 220 g/mol. The summed E-state index contributed by atoms with van der Waals surface area (Å²) in [5.41, 5.74) is 7.81. The van der Waals surface area contributed by atoms with Crippen molar-refractivity contribution in [2.24, 2.45) is 0 Å². The molecule has 1 amide bonds. The molecule has 1 fully saturated rings. The Labute approximate surface area is 94.7 Å². The van der Waals surface area contributed by atoms with Crippen LogP contribution in [0.15, 0.2) is 18.2 Å². The lowest BCUT2D eigenvalue weighted by atomic mass is 10.1. The zero-order chi connectivity index (χ0) is 11.7. The van der Waals surface area contributed by atoms with Gasteiger partial charge in [-0.05, 0) is 31.0 Å². The van der Waals surface area contributed by atoms with Gasteiger partial charge in [-0.1, -0.05) is 6.07 Å². The predicted molar refractivity (Wildman–Crippen MR) is 62.1 cm³/mol. The zero-order valence-corrected chi connectivity index (χ0v) is 9.31. The van der Waals surface area contributed by atoms with Gasteiger partial charge in [0, 0.05) is 24.3 Å². The van der Waals surface area contributed by atoms with Crippen molar-refractivity contribution < 1.29 is 9.90 Å². The van der Waals surface area contributed by atoms with E-state index in [-0.39, 0.29) is 12.0 Å². The number of aryl methyl sites for hydroxylation is 1. The summed E-state index contributed by atoms with van der Waals surface area (Å²) < 4.78 is 0. The number of hydrogen-bond donors (Lipinski definition) is 2. The lowest BCUT2D eigenvalue weighted by molar-refractivity contribution is 0.0764. The average Bonchev–Trinajstić information content (AvgIpc) is 2.67. The highest BCUT2D eigenvalue weighted by Crippen LogP contribution is 2.18.